The molecule has 0 radical (unpaired) electrons. The first kappa shape index (κ1) is 33.6. The molecular formula is C36H36Cl2N6O4. The van der Waals surface area contributed by atoms with Crippen LogP contribution in [0.4, 0.5) is 0 Å². The Morgan fingerprint density at radius 2 is 1.69 bits per heavy atom. The molecule has 1 fully saturated rings. The molecule has 1 aliphatic rings. The molecule has 1 aliphatic heterocycles. The number of hydrogen-bond donors (Lipinski definition) is 4. The Morgan fingerprint density at radius 1 is 0.958 bits per heavy atom. The second-order valence-electron chi connectivity index (χ2n) is 11.6. The molecule has 0 aliphatic carbocycles. The normalized spacial score (nSPS) is 14.4. The average molecular weight is 688 g/mol. The van der Waals surface area contributed by atoms with Crippen molar-refractivity contribution in [2.45, 2.75) is 38.4 Å². The lowest BCUT2D eigenvalue weighted by atomic mass is 9.97. The molecule has 1 atom stereocenters. The van der Waals surface area contributed by atoms with E-state index in [0.717, 1.165) is 39.8 Å². The van der Waals surface area contributed by atoms with Crippen LogP contribution in [0.3, 0.4) is 0 Å². The molecule has 5 aromatic rings. The molecule has 12 heteroatoms. The van der Waals surface area contributed by atoms with Crippen molar-refractivity contribution in [3.63, 3.8) is 0 Å². The molecule has 4 N–H and O–H groups in total. The van der Waals surface area contributed by atoms with Crippen LogP contribution in [0.25, 0.3) is 39.2 Å². The summed E-state index contributed by atoms with van der Waals surface area (Å²) in [6.45, 7) is 2.29. The van der Waals surface area contributed by atoms with Crippen LogP contribution in [0.1, 0.15) is 30.4 Å². The first-order valence-corrected chi connectivity index (χ1v) is 16.6. The van der Waals surface area contributed by atoms with E-state index in [4.69, 9.17) is 38.0 Å². The van der Waals surface area contributed by atoms with E-state index < -0.39 is 0 Å². The first-order valence-electron chi connectivity index (χ1n) is 15.8. The van der Waals surface area contributed by atoms with Crippen molar-refractivity contribution in [2.75, 3.05) is 26.8 Å². The molecule has 1 amide bonds. The van der Waals surface area contributed by atoms with Crippen molar-refractivity contribution in [1.29, 1.82) is 0 Å². The minimum absolute atomic E-state index is 0.0932. The maximum Gasteiger partial charge on any atom is 0.262 e. The highest BCUT2D eigenvalue weighted by Crippen LogP contribution is 2.42. The Bertz CT molecular complexity index is 2020. The molecule has 2 aromatic carbocycles. The van der Waals surface area contributed by atoms with Crippen LogP contribution in [0.5, 0.6) is 5.88 Å². The molecule has 248 valence electrons. The summed E-state index contributed by atoms with van der Waals surface area (Å²) in [6.07, 6.45) is 5.30. The third kappa shape index (κ3) is 7.23. The van der Waals surface area contributed by atoms with Crippen molar-refractivity contribution < 1.29 is 14.6 Å². The van der Waals surface area contributed by atoms with Gasteiger partial charge in [0.1, 0.15) is 5.65 Å². The zero-order chi connectivity index (χ0) is 33.6. The Labute approximate surface area is 288 Å². The number of methoxy groups -OCH3 is 1. The minimum atomic E-state index is -0.153. The van der Waals surface area contributed by atoms with Gasteiger partial charge in [-0.1, -0.05) is 65.7 Å². The van der Waals surface area contributed by atoms with Crippen LogP contribution in [0, 0.1) is 0 Å². The molecule has 1 saturated heterocycles. The van der Waals surface area contributed by atoms with Gasteiger partial charge in [-0.05, 0) is 43.1 Å². The molecule has 48 heavy (non-hydrogen) atoms. The smallest absolute Gasteiger partial charge is 0.262 e. The van der Waals surface area contributed by atoms with Crippen molar-refractivity contribution in [3.8, 4) is 39.4 Å². The van der Waals surface area contributed by atoms with Gasteiger partial charge in [0.2, 0.25) is 11.8 Å². The SMILES string of the molecule is COc1nc(-c2cccc(-c3cccc(-c4ccn5c(=O)c(CNCCCO)cnc5c4)c3Cl)c2Cl)ccc1CNC[C@H]1CCC(=O)N1. The zero-order valence-electron chi connectivity index (χ0n) is 26.4. The fourth-order valence-corrected chi connectivity index (χ4v) is 6.53. The number of halogens is 2. The second-order valence-corrected chi connectivity index (χ2v) is 12.4. The van der Waals surface area contributed by atoms with E-state index >= 15 is 0 Å². The molecule has 6 rings (SSSR count). The number of carbonyl (C=O) groups excluding carboxylic acids is 1. The van der Waals surface area contributed by atoms with Crippen LogP contribution < -0.4 is 26.2 Å². The van der Waals surface area contributed by atoms with Crippen molar-refractivity contribution in [1.82, 2.24) is 30.3 Å². The molecule has 10 nitrogen and oxygen atoms in total. The van der Waals surface area contributed by atoms with Gasteiger partial charge < -0.3 is 25.8 Å². The van der Waals surface area contributed by atoms with Gasteiger partial charge in [0, 0.05) is 84.5 Å². The fraction of sp³-hybridized carbons (Fsp3) is 0.278. The van der Waals surface area contributed by atoms with Crippen molar-refractivity contribution >= 4 is 34.8 Å². The van der Waals surface area contributed by atoms with Crippen molar-refractivity contribution in [3.05, 3.63) is 105 Å². The van der Waals surface area contributed by atoms with Crippen LogP contribution in [-0.4, -0.2) is 58.2 Å². The Balaban J connectivity index is 1.25. The van der Waals surface area contributed by atoms with Gasteiger partial charge in [-0.25, -0.2) is 9.97 Å². The van der Waals surface area contributed by atoms with E-state index in [-0.39, 0.29) is 24.1 Å². The maximum atomic E-state index is 13.1. The number of aliphatic hydroxyl groups is 1. The molecule has 0 bridgehead atoms. The van der Waals surface area contributed by atoms with Crippen LogP contribution in [0.15, 0.2) is 77.9 Å². The molecular weight excluding hydrogens is 651 g/mol. The second kappa shape index (κ2) is 15.3. The molecule has 0 unspecified atom stereocenters. The highest BCUT2D eigenvalue weighted by Gasteiger charge is 2.21. The monoisotopic (exact) mass is 686 g/mol. The molecule has 4 heterocycles. The van der Waals surface area contributed by atoms with Crippen molar-refractivity contribution in [2.24, 2.45) is 0 Å². The Hall–Kier alpha value is -4.32. The summed E-state index contributed by atoms with van der Waals surface area (Å²) >= 11 is 14.1. The largest absolute Gasteiger partial charge is 0.481 e. The molecule has 3 aromatic heterocycles. The summed E-state index contributed by atoms with van der Waals surface area (Å²) in [5, 5.41) is 19.5. The lowest BCUT2D eigenvalue weighted by Gasteiger charge is -2.16. The van der Waals surface area contributed by atoms with Gasteiger partial charge in [-0.3, -0.25) is 14.0 Å². The highest BCUT2D eigenvalue weighted by molar-refractivity contribution is 6.39. The Kier molecular flexibility index (Phi) is 10.7. The number of pyridine rings is 2. The van der Waals surface area contributed by atoms with E-state index in [1.807, 2.05) is 60.7 Å². The maximum absolute atomic E-state index is 13.1. The van der Waals surface area contributed by atoms with Gasteiger partial charge in [0.15, 0.2) is 0 Å². The summed E-state index contributed by atoms with van der Waals surface area (Å²) < 4.78 is 7.15. The number of ether oxygens (including phenoxy) is 1. The van der Waals surface area contributed by atoms with Crippen LogP contribution in [0.2, 0.25) is 10.0 Å². The number of fused-ring (bicyclic) bond motifs is 1. The predicted octanol–water partition coefficient (Wildman–Crippen LogP) is 5.25. The summed E-state index contributed by atoms with van der Waals surface area (Å²) in [6, 6.07) is 19.2. The number of hydrogen-bond acceptors (Lipinski definition) is 8. The number of amides is 1. The topological polar surface area (TPSA) is 130 Å². The Morgan fingerprint density at radius 3 is 2.42 bits per heavy atom. The number of carbonyl (C=O) groups is 1. The third-order valence-electron chi connectivity index (χ3n) is 8.41. The highest BCUT2D eigenvalue weighted by atomic mass is 35.5. The van der Waals surface area contributed by atoms with Gasteiger partial charge >= 0.3 is 0 Å². The lowest BCUT2D eigenvalue weighted by molar-refractivity contribution is -0.119. The minimum Gasteiger partial charge on any atom is -0.481 e. The van der Waals surface area contributed by atoms with E-state index in [0.29, 0.717) is 71.9 Å². The first-order chi connectivity index (χ1) is 23.4. The van der Waals surface area contributed by atoms with Crippen LogP contribution in [-0.2, 0) is 17.9 Å². The van der Waals surface area contributed by atoms with E-state index in [9.17, 15) is 9.59 Å². The standard InChI is InChI=1S/C36H36Cl2N6O4/c1-48-35-23(18-40-21-25-10-12-32(46)42-25)9-11-30(43-35)29-8-3-7-28(34(29)38)27-6-2-5-26(33(27)37)22-13-15-44-31(17-22)41-20-24(36(44)47)19-39-14-4-16-45/h2-3,5-9,11,13,15,17,20,25,39-40,45H,4,10,12,14,16,18-19,21H2,1H3,(H,42,46)/t25-/m1/s1. The van der Waals surface area contributed by atoms with Gasteiger partial charge in [0.25, 0.3) is 5.56 Å². The summed E-state index contributed by atoms with van der Waals surface area (Å²) in [5.74, 6) is 0.585. The number of nitrogens with zero attached hydrogens (tertiary/aromatic N) is 3. The summed E-state index contributed by atoms with van der Waals surface area (Å²) in [4.78, 5) is 33.9. The van der Waals surface area contributed by atoms with Gasteiger partial charge in [-0.15, -0.1) is 0 Å². The number of nitrogens with one attached hydrogen (secondary N) is 3. The molecule has 0 saturated carbocycles. The number of benzene rings is 2. The number of rotatable bonds is 13. The molecule has 0 spiro atoms. The summed E-state index contributed by atoms with van der Waals surface area (Å²) in [7, 11) is 1.59. The van der Waals surface area contributed by atoms with Gasteiger partial charge in [-0.2, -0.15) is 0 Å². The number of aliphatic hydroxyl groups excluding tert-OH is 1. The van der Waals surface area contributed by atoms with E-state index in [1.54, 1.807) is 19.5 Å². The predicted molar refractivity (Wildman–Crippen MR) is 188 cm³/mol. The quantitative estimate of drug-likeness (QED) is 0.124. The fourth-order valence-electron chi connectivity index (χ4n) is 5.87. The zero-order valence-corrected chi connectivity index (χ0v) is 27.9. The number of aromatic nitrogens is 3. The van der Waals surface area contributed by atoms with E-state index in [1.165, 1.54) is 4.40 Å². The summed E-state index contributed by atoms with van der Waals surface area (Å²) in [5.41, 5.74) is 6.26. The van der Waals surface area contributed by atoms with Crippen LogP contribution >= 0.6 is 23.2 Å². The lowest BCUT2D eigenvalue weighted by Crippen LogP contribution is -2.35. The van der Waals surface area contributed by atoms with E-state index in [2.05, 4.69) is 20.9 Å². The average Bonchev–Trinajstić information content (AvgIpc) is 3.52. The third-order valence-corrected chi connectivity index (χ3v) is 9.22. The van der Waals surface area contributed by atoms with Gasteiger partial charge in [0.05, 0.1) is 22.8 Å².